The van der Waals surface area contributed by atoms with Crippen LogP contribution >= 0.6 is 0 Å². The summed E-state index contributed by atoms with van der Waals surface area (Å²) >= 11 is 0. The van der Waals surface area contributed by atoms with Crippen LogP contribution in [0.4, 0.5) is 0 Å². The molecule has 0 saturated heterocycles. The predicted octanol–water partition coefficient (Wildman–Crippen LogP) is 2.26. The van der Waals surface area contributed by atoms with Crippen LogP contribution in [0, 0.1) is 0 Å². The Hall–Kier alpha value is -1.16. The van der Waals surface area contributed by atoms with Gasteiger partial charge in [0.15, 0.2) is 0 Å². The number of H-pyrrole nitrogens is 1. The molecule has 16 heavy (non-hydrogen) atoms. The van der Waals surface area contributed by atoms with Crippen molar-refractivity contribution >= 4 is 25.0 Å². The minimum Gasteiger partial charge on any atom is -0.197 e. The first-order valence-electron chi connectivity index (χ1n) is 5.87. The number of nitrogens with one attached hydrogen (secondary N) is 1. The predicted molar refractivity (Wildman–Crippen MR) is 69.6 cm³/mol. The van der Waals surface area contributed by atoms with Gasteiger partial charge in [-0.1, -0.05) is 32.5 Å². The second kappa shape index (κ2) is 4.78. The van der Waals surface area contributed by atoms with Crippen LogP contribution in [0.15, 0.2) is 12.1 Å². The van der Waals surface area contributed by atoms with E-state index in [1.807, 2.05) is 0 Å². The number of fused-ring (bicyclic) bond motifs is 1. The van der Waals surface area contributed by atoms with Crippen molar-refractivity contribution < 1.29 is 0 Å². The van der Waals surface area contributed by atoms with Gasteiger partial charge in [0.25, 0.3) is 0 Å². The fourth-order valence-electron chi connectivity index (χ4n) is 2.09. The Balaban J connectivity index is 2.50. The molecular formula is C12H18N3Si. The monoisotopic (exact) mass is 232 g/mol. The minimum atomic E-state index is -0.490. The van der Waals surface area contributed by atoms with Gasteiger partial charge >= 0.3 is 0 Å². The van der Waals surface area contributed by atoms with Gasteiger partial charge in [0.05, 0.1) is 8.80 Å². The first kappa shape index (κ1) is 11.3. The van der Waals surface area contributed by atoms with Crippen molar-refractivity contribution in [1.29, 1.82) is 0 Å². The maximum atomic E-state index is 4.30. The molecule has 85 valence electrons. The van der Waals surface area contributed by atoms with Crippen LogP contribution < -0.4 is 5.19 Å². The van der Waals surface area contributed by atoms with Gasteiger partial charge in [0, 0.05) is 0 Å². The Bertz CT molecular complexity index is 476. The normalized spacial score (nSPS) is 11.5. The van der Waals surface area contributed by atoms with Crippen LogP contribution in [-0.2, 0) is 6.42 Å². The van der Waals surface area contributed by atoms with E-state index in [9.17, 15) is 0 Å². The van der Waals surface area contributed by atoms with Gasteiger partial charge in [-0.2, -0.15) is 15.4 Å². The quantitative estimate of drug-likeness (QED) is 0.822. The summed E-state index contributed by atoms with van der Waals surface area (Å²) in [5.74, 6) is 0. The molecular weight excluding hydrogens is 214 g/mol. The Kier molecular flexibility index (Phi) is 3.38. The highest BCUT2D eigenvalue weighted by Gasteiger charge is 2.14. The van der Waals surface area contributed by atoms with E-state index >= 15 is 0 Å². The molecule has 0 unspecified atom stereocenters. The van der Waals surface area contributed by atoms with Crippen LogP contribution in [-0.4, -0.2) is 24.2 Å². The number of benzene rings is 1. The number of unbranched alkanes of at least 4 members (excludes halogenated alkanes) is 1. The summed E-state index contributed by atoms with van der Waals surface area (Å²) in [4.78, 5) is 0. The molecule has 0 aliphatic carbocycles. The van der Waals surface area contributed by atoms with Gasteiger partial charge in [-0.05, 0) is 29.7 Å². The molecule has 0 saturated carbocycles. The average Bonchev–Trinajstić information content (AvgIpc) is 2.72. The summed E-state index contributed by atoms with van der Waals surface area (Å²) in [7, 11) is -0.490. The fraction of sp³-hybridized carbons (Fsp3) is 0.500. The van der Waals surface area contributed by atoms with E-state index < -0.39 is 8.80 Å². The van der Waals surface area contributed by atoms with Crippen LogP contribution in [0.5, 0.6) is 0 Å². The van der Waals surface area contributed by atoms with Crippen molar-refractivity contribution in [2.75, 3.05) is 0 Å². The minimum absolute atomic E-state index is 0.490. The third kappa shape index (κ3) is 2.02. The molecule has 4 heteroatoms. The lowest BCUT2D eigenvalue weighted by atomic mass is 10.1. The molecule has 3 nitrogen and oxygen atoms in total. The largest absolute Gasteiger partial charge is 0.197 e. The Morgan fingerprint density at radius 1 is 1.25 bits per heavy atom. The summed E-state index contributed by atoms with van der Waals surface area (Å²) in [6.07, 6.45) is 3.67. The Labute approximate surface area is 97.9 Å². The first-order chi connectivity index (χ1) is 7.74. The van der Waals surface area contributed by atoms with Crippen molar-refractivity contribution in [3.8, 4) is 0 Å². The number of nitrogens with zero attached hydrogens (tertiary/aromatic N) is 2. The van der Waals surface area contributed by atoms with Gasteiger partial charge < -0.3 is 0 Å². The zero-order chi connectivity index (χ0) is 11.5. The number of hydrogen-bond acceptors (Lipinski definition) is 2. The third-order valence-corrected chi connectivity index (χ3v) is 4.43. The molecule has 0 fully saturated rings. The van der Waals surface area contributed by atoms with Gasteiger partial charge in [-0.15, -0.1) is 0 Å². The molecule has 1 aromatic heterocycles. The zero-order valence-corrected chi connectivity index (χ0v) is 11.2. The van der Waals surface area contributed by atoms with E-state index in [-0.39, 0.29) is 0 Å². The van der Waals surface area contributed by atoms with Crippen LogP contribution in [0.3, 0.4) is 0 Å². The van der Waals surface area contributed by atoms with Crippen LogP contribution in [0.25, 0.3) is 11.0 Å². The molecule has 0 atom stereocenters. The molecule has 2 rings (SSSR count). The maximum absolute atomic E-state index is 4.30. The molecule has 1 N–H and O–H groups in total. The molecule has 0 bridgehead atoms. The highest BCUT2D eigenvalue weighted by Crippen LogP contribution is 2.12. The standard InChI is InChI=1S/C12H18N3Si/c1-4-5-6-9-7-8-10-11(14-15-13-10)12(9)16(2)3/h7-8H,4-6H2,1-3H3,(H,13,14,15). The molecule has 0 spiro atoms. The van der Waals surface area contributed by atoms with Gasteiger partial charge in [0.1, 0.15) is 11.0 Å². The summed E-state index contributed by atoms with van der Waals surface area (Å²) in [6.45, 7) is 6.88. The number of aromatic amines is 1. The van der Waals surface area contributed by atoms with E-state index in [1.54, 1.807) is 0 Å². The number of aryl methyl sites for hydroxylation is 1. The molecule has 1 aromatic carbocycles. The first-order valence-corrected chi connectivity index (χ1v) is 8.37. The number of aromatic nitrogens is 3. The maximum Gasteiger partial charge on any atom is 0.112 e. The van der Waals surface area contributed by atoms with E-state index in [4.69, 9.17) is 0 Å². The smallest absolute Gasteiger partial charge is 0.112 e. The van der Waals surface area contributed by atoms with Crippen LogP contribution in [0.1, 0.15) is 25.3 Å². The second-order valence-electron chi connectivity index (χ2n) is 4.39. The summed E-state index contributed by atoms with van der Waals surface area (Å²) in [5.41, 5.74) is 3.57. The third-order valence-electron chi connectivity index (χ3n) is 2.87. The lowest BCUT2D eigenvalue weighted by Crippen LogP contribution is -2.28. The van der Waals surface area contributed by atoms with Gasteiger partial charge in [-0.25, -0.2) is 0 Å². The van der Waals surface area contributed by atoms with Gasteiger partial charge in [0.2, 0.25) is 0 Å². The van der Waals surface area contributed by atoms with E-state index in [0.29, 0.717) is 0 Å². The second-order valence-corrected chi connectivity index (χ2v) is 6.89. The van der Waals surface area contributed by atoms with Crippen molar-refractivity contribution in [2.45, 2.75) is 39.3 Å². The topological polar surface area (TPSA) is 41.6 Å². The average molecular weight is 232 g/mol. The molecule has 0 aliphatic heterocycles. The van der Waals surface area contributed by atoms with Crippen molar-refractivity contribution in [3.05, 3.63) is 17.7 Å². The molecule has 2 aromatic rings. The van der Waals surface area contributed by atoms with Crippen molar-refractivity contribution in [2.24, 2.45) is 0 Å². The van der Waals surface area contributed by atoms with Crippen LogP contribution in [0.2, 0.25) is 13.1 Å². The Morgan fingerprint density at radius 3 is 2.75 bits per heavy atom. The summed E-state index contributed by atoms with van der Waals surface area (Å²) < 4.78 is 0. The number of hydrogen-bond donors (Lipinski definition) is 1. The molecule has 0 amide bonds. The number of rotatable bonds is 4. The van der Waals surface area contributed by atoms with E-state index in [2.05, 4.69) is 47.6 Å². The van der Waals surface area contributed by atoms with Gasteiger partial charge in [-0.3, -0.25) is 0 Å². The lowest BCUT2D eigenvalue weighted by Gasteiger charge is -2.11. The fourth-order valence-corrected chi connectivity index (χ4v) is 3.60. The van der Waals surface area contributed by atoms with E-state index in [1.165, 1.54) is 30.0 Å². The van der Waals surface area contributed by atoms with Crippen molar-refractivity contribution in [3.63, 3.8) is 0 Å². The highest BCUT2D eigenvalue weighted by atomic mass is 28.3. The van der Waals surface area contributed by atoms with Crippen molar-refractivity contribution in [1.82, 2.24) is 15.4 Å². The molecule has 0 aliphatic rings. The van der Waals surface area contributed by atoms with E-state index in [0.717, 1.165) is 11.0 Å². The molecule has 1 heterocycles. The zero-order valence-electron chi connectivity index (χ0n) is 10.2. The molecule has 1 radical (unpaired) electrons. The summed E-state index contributed by atoms with van der Waals surface area (Å²) in [6, 6.07) is 4.31. The lowest BCUT2D eigenvalue weighted by molar-refractivity contribution is 0.798. The highest BCUT2D eigenvalue weighted by molar-refractivity contribution is 6.73. The Morgan fingerprint density at radius 2 is 2.06 bits per heavy atom. The summed E-state index contributed by atoms with van der Waals surface area (Å²) in [5, 5.41) is 12.7. The SMILES string of the molecule is CCCCc1ccc2n[nH]nc2c1[Si](C)C.